The number of piperidine rings is 1. The van der Waals surface area contributed by atoms with Crippen molar-refractivity contribution in [2.75, 3.05) is 13.1 Å². The van der Waals surface area contributed by atoms with E-state index in [-0.39, 0.29) is 0 Å². The lowest BCUT2D eigenvalue weighted by Crippen LogP contribution is -2.36. The highest BCUT2D eigenvalue weighted by Gasteiger charge is 2.56. The Hall–Kier alpha value is -2.44. The smallest absolute Gasteiger partial charge is 0.167 e. The number of hydrogen-bond acceptors (Lipinski definition) is 5. The molecule has 1 N–H and O–H groups in total. The van der Waals surface area contributed by atoms with Crippen LogP contribution in [0.3, 0.4) is 0 Å². The third-order valence-corrected chi connectivity index (χ3v) is 6.66. The zero-order valence-electron chi connectivity index (χ0n) is 17.1. The van der Waals surface area contributed by atoms with E-state index in [4.69, 9.17) is 4.52 Å². The van der Waals surface area contributed by atoms with Crippen molar-refractivity contribution in [2.24, 2.45) is 5.41 Å². The summed E-state index contributed by atoms with van der Waals surface area (Å²) in [5.41, 5.74) is 2.54. The van der Waals surface area contributed by atoms with Gasteiger partial charge in [0.1, 0.15) is 5.82 Å². The molecule has 1 atom stereocenters. The average molecular weight is 392 g/mol. The summed E-state index contributed by atoms with van der Waals surface area (Å²) < 4.78 is 7.90. The van der Waals surface area contributed by atoms with Crippen LogP contribution in [0.5, 0.6) is 0 Å². The van der Waals surface area contributed by atoms with Crippen LogP contribution in [0.15, 0.2) is 53.3 Å². The molecule has 1 saturated heterocycles. The lowest BCUT2D eigenvalue weighted by molar-refractivity contribution is 0.178. The highest BCUT2D eigenvalue weighted by atomic mass is 16.5. The summed E-state index contributed by atoms with van der Waals surface area (Å²) >= 11 is 0. The summed E-state index contributed by atoms with van der Waals surface area (Å²) in [4.78, 5) is 7.21. The molecule has 3 heterocycles. The Morgan fingerprint density at radius 2 is 2.03 bits per heavy atom. The number of aryl methyl sites for hydroxylation is 1. The Kier molecular flexibility index (Phi) is 4.97. The van der Waals surface area contributed by atoms with Crippen molar-refractivity contribution in [2.45, 2.75) is 51.9 Å². The van der Waals surface area contributed by atoms with E-state index < -0.39 is 0 Å². The number of rotatable bonds is 7. The van der Waals surface area contributed by atoms with E-state index in [1.807, 2.05) is 24.4 Å². The van der Waals surface area contributed by atoms with Gasteiger partial charge in [0, 0.05) is 43.2 Å². The largest absolute Gasteiger partial charge is 0.356 e. The van der Waals surface area contributed by atoms with E-state index >= 15 is 0 Å². The molecule has 1 aromatic carbocycles. The third kappa shape index (κ3) is 3.74. The summed E-state index contributed by atoms with van der Waals surface area (Å²) in [7, 11) is 0. The van der Waals surface area contributed by atoms with E-state index in [0.29, 0.717) is 11.5 Å². The Balaban J connectivity index is 1.37. The van der Waals surface area contributed by atoms with Crippen LogP contribution >= 0.6 is 0 Å². The fourth-order valence-corrected chi connectivity index (χ4v) is 4.87. The maximum atomic E-state index is 5.66. The predicted octanol–water partition coefficient (Wildman–Crippen LogP) is 3.70. The van der Waals surface area contributed by atoms with Crippen molar-refractivity contribution < 1.29 is 4.52 Å². The Bertz CT molecular complexity index is 941. The van der Waals surface area contributed by atoms with Crippen molar-refractivity contribution >= 4 is 0 Å². The van der Waals surface area contributed by atoms with Gasteiger partial charge in [-0.15, -0.1) is 0 Å². The van der Waals surface area contributed by atoms with Crippen molar-refractivity contribution in [3.05, 3.63) is 60.3 Å². The zero-order valence-corrected chi connectivity index (χ0v) is 17.1. The quantitative estimate of drug-likeness (QED) is 0.665. The highest BCUT2D eigenvalue weighted by Crippen LogP contribution is 2.56. The van der Waals surface area contributed by atoms with Gasteiger partial charge in [0.2, 0.25) is 0 Å². The summed E-state index contributed by atoms with van der Waals surface area (Å²) in [5, 5.41) is 7.90. The van der Waals surface area contributed by atoms with E-state index in [2.05, 4.69) is 56.2 Å². The fourth-order valence-electron chi connectivity index (χ4n) is 4.87. The number of aromatic nitrogens is 3. The number of hydrogen-bond donors (Lipinski definition) is 1. The second-order valence-corrected chi connectivity index (χ2v) is 8.42. The minimum absolute atomic E-state index is 0.473. The second kappa shape index (κ2) is 7.76. The van der Waals surface area contributed by atoms with Gasteiger partial charge in [-0.05, 0) is 44.7 Å². The summed E-state index contributed by atoms with van der Waals surface area (Å²) in [5.74, 6) is 1.97. The first-order valence-electron chi connectivity index (χ1n) is 10.7. The fraction of sp³-hybridized carbons (Fsp3) is 0.478. The summed E-state index contributed by atoms with van der Waals surface area (Å²) in [6, 6.07) is 12.9. The van der Waals surface area contributed by atoms with Crippen molar-refractivity contribution in [3.8, 4) is 11.3 Å². The van der Waals surface area contributed by atoms with Crippen LogP contribution < -0.4 is 5.32 Å². The van der Waals surface area contributed by atoms with Crippen LogP contribution in [-0.2, 0) is 19.6 Å². The van der Waals surface area contributed by atoms with E-state index in [9.17, 15) is 0 Å². The third-order valence-electron chi connectivity index (χ3n) is 6.66. The van der Waals surface area contributed by atoms with Gasteiger partial charge in [-0.2, -0.15) is 0 Å². The topological polar surface area (TPSA) is 59.1 Å². The maximum absolute atomic E-state index is 5.66. The van der Waals surface area contributed by atoms with E-state index in [0.717, 1.165) is 55.6 Å². The number of imidazole rings is 1. The molecule has 0 amide bonds. The molecular weight excluding hydrogens is 362 g/mol. The minimum Gasteiger partial charge on any atom is -0.356 e. The van der Waals surface area contributed by atoms with Gasteiger partial charge in [-0.25, -0.2) is 4.98 Å². The number of nitrogens with one attached hydrogen (secondary N) is 1. The molecule has 1 unspecified atom stereocenters. The van der Waals surface area contributed by atoms with Crippen LogP contribution in [0, 0.1) is 5.41 Å². The van der Waals surface area contributed by atoms with E-state index in [1.54, 1.807) is 0 Å². The summed E-state index contributed by atoms with van der Waals surface area (Å²) in [6.07, 6.45) is 7.80. The number of benzene rings is 1. The molecule has 0 bridgehead atoms. The van der Waals surface area contributed by atoms with E-state index in [1.165, 1.54) is 19.3 Å². The molecule has 6 heteroatoms. The van der Waals surface area contributed by atoms with Gasteiger partial charge in [-0.3, -0.25) is 4.90 Å². The lowest BCUT2D eigenvalue weighted by Gasteiger charge is -2.29. The van der Waals surface area contributed by atoms with Crippen LogP contribution in [0.4, 0.5) is 0 Å². The molecule has 2 aliphatic rings. The first-order chi connectivity index (χ1) is 14.3. The Morgan fingerprint density at radius 3 is 2.83 bits per heavy atom. The first kappa shape index (κ1) is 18.6. The molecule has 1 aliphatic carbocycles. The molecule has 1 aliphatic heterocycles. The molecule has 3 aromatic rings. The van der Waals surface area contributed by atoms with Crippen LogP contribution in [0.25, 0.3) is 11.3 Å². The molecule has 2 fully saturated rings. The lowest BCUT2D eigenvalue weighted by atomic mass is 9.93. The highest BCUT2D eigenvalue weighted by molar-refractivity contribution is 5.56. The minimum atomic E-state index is 0.473. The SMILES string of the molecule is CCn1ccnc1CN(Cc1cc(-c2ccccc2)on1)C1CC12CCNCC2. The molecule has 0 radical (unpaired) electrons. The molecule has 1 saturated carbocycles. The normalized spacial score (nSPS) is 20.4. The molecule has 1 spiro atoms. The molecule has 5 rings (SSSR count). The molecule has 2 aromatic heterocycles. The Morgan fingerprint density at radius 1 is 1.21 bits per heavy atom. The van der Waals surface area contributed by atoms with Crippen molar-refractivity contribution in [1.29, 1.82) is 0 Å². The van der Waals surface area contributed by atoms with Crippen LogP contribution in [0.1, 0.15) is 37.7 Å². The molecular formula is C23H29N5O. The van der Waals surface area contributed by atoms with Gasteiger partial charge >= 0.3 is 0 Å². The summed E-state index contributed by atoms with van der Waals surface area (Å²) in [6.45, 7) is 7.04. The van der Waals surface area contributed by atoms with Crippen LogP contribution in [0.2, 0.25) is 0 Å². The molecule has 6 nitrogen and oxygen atoms in total. The molecule has 152 valence electrons. The second-order valence-electron chi connectivity index (χ2n) is 8.42. The van der Waals surface area contributed by atoms with Gasteiger partial charge < -0.3 is 14.4 Å². The predicted molar refractivity (Wildman–Crippen MR) is 112 cm³/mol. The van der Waals surface area contributed by atoms with Gasteiger partial charge in [0.05, 0.1) is 12.2 Å². The van der Waals surface area contributed by atoms with Gasteiger partial charge in [0.25, 0.3) is 0 Å². The van der Waals surface area contributed by atoms with Gasteiger partial charge in [-0.1, -0.05) is 35.5 Å². The zero-order chi connectivity index (χ0) is 19.7. The average Bonchev–Trinajstić information content (AvgIpc) is 3.12. The molecule has 29 heavy (non-hydrogen) atoms. The van der Waals surface area contributed by atoms with Crippen LogP contribution in [-0.4, -0.2) is 38.7 Å². The first-order valence-corrected chi connectivity index (χ1v) is 10.7. The standard InChI is InChI=1S/C23H29N5O/c1-2-27-13-12-25-22(27)17-28(21-15-23(21)8-10-24-11-9-23)16-19-14-20(29-26-19)18-6-4-3-5-7-18/h3-7,12-14,21,24H,2,8-11,15-17H2,1H3. The Labute approximate surface area is 171 Å². The number of nitrogens with zero attached hydrogens (tertiary/aromatic N) is 4. The maximum Gasteiger partial charge on any atom is 0.167 e. The van der Waals surface area contributed by atoms with Gasteiger partial charge in [0.15, 0.2) is 5.76 Å². The van der Waals surface area contributed by atoms with Crippen molar-refractivity contribution in [3.63, 3.8) is 0 Å². The van der Waals surface area contributed by atoms with Crippen molar-refractivity contribution in [1.82, 2.24) is 24.9 Å². The monoisotopic (exact) mass is 391 g/mol.